The fourth-order valence-corrected chi connectivity index (χ4v) is 4.27. The number of thioether (sulfide) groups is 1. The van der Waals surface area contributed by atoms with E-state index in [1.807, 2.05) is 12.3 Å². The van der Waals surface area contributed by atoms with Crippen LogP contribution >= 0.6 is 55.2 Å². The van der Waals surface area contributed by atoms with Crippen LogP contribution < -0.4 is 5.32 Å². The van der Waals surface area contributed by atoms with Crippen molar-refractivity contribution in [3.8, 4) is 5.82 Å². The first-order valence-electron chi connectivity index (χ1n) is 7.67. The second-order valence-electron chi connectivity index (χ2n) is 5.34. The van der Waals surface area contributed by atoms with Crippen LogP contribution in [0.15, 0.2) is 55.7 Å². The zero-order chi connectivity index (χ0) is 20.3. The molecular weight excluding hydrogens is 534 g/mol. The van der Waals surface area contributed by atoms with E-state index >= 15 is 0 Å². The van der Waals surface area contributed by atoms with E-state index < -0.39 is 5.91 Å². The third-order valence-corrected chi connectivity index (χ3v) is 5.51. The van der Waals surface area contributed by atoms with Gasteiger partial charge < -0.3 is 10.5 Å². The maximum absolute atomic E-state index is 13.1. The Balaban J connectivity index is 2.05. The lowest BCUT2D eigenvalue weighted by Gasteiger charge is -2.14. The maximum Gasteiger partial charge on any atom is 0.274 e. The van der Waals surface area contributed by atoms with Gasteiger partial charge >= 0.3 is 0 Å². The van der Waals surface area contributed by atoms with Gasteiger partial charge in [0.2, 0.25) is 0 Å². The molecule has 0 bridgehead atoms. The summed E-state index contributed by atoms with van der Waals surface area (Å²) in [6.07, 6.45) is 4.70. The van der Waals surface area contributed by atoms with Gasteiger partial charge in [0, 0.05) is 27.2 Å². The number of nitrogens with one attached hydrogen (secondary N) is 1. The van der Waals surface area contributed by atoms with Crippen molar-refractivity contribution in [1.29, 1.82) is 0 Å². The Hall–Kier alpha value is -1.88. The highest BCUT2D eigenvalue weighted by molar-refractivity contribution is 9.10. The molecule has 2 N–H and O–H groups in total. The van der Waals surface area contributed by atoms with Crippen LogP contribution in [-0.4, -0.2) is 38.3 Å². The number of carbonyl (C=O) groups excluding carboxylic acids is 1. The Bertz CT molecular complexity index is 1070. The number of nitrogens with zero attached hydrogens (tertiary/aromatic N) is 4. The Morgan fingerprint density at radius 2 is 2.18 bits per heavy atom. The summed E-state index contributed by atoms with van der Waals surface area (Å²) in [5.41, 5.74) is 1.28. The second kappa shape index (κ2) is 9.08. The van der Waals surface area contributed by atoms with Gasteiger partial charge in [0.1, 0.15) is 10.3 Å². The first kappa shape index (κ1) is 20.8. The van der Waals surface area contributed by atoms with Crippen molar-refractivity contribution in [3.05, 3.63) is 61.9 Å². The van der Waals surface area contributed by atoms with Crippen LogP contribution in [0.1, 0.15) is 16.1 Å². The van der Waals surface area contributed by atoms with Crippen LogP contribution in [0.5, 0.6) is 0 Å². The lowest BCUT2D eigenvalue weighted by molar-refractivity contribution is 0.101. The summed E-state index contributed by atoms with van der Waals surface area (Å²) in [5, 5.41) is 19.5. The predicted molar refractivity (Wildman–Crippen MR) is 117 cm³/mol. The van der Waals surface area contributed by atoms with Crippen LogP contribution in [0.4, 0.5) is 5.69 Å². The number of rotatable bonds is 5. The third-order valence-electron chi connectivity index (χ3n) is 3.60. The number of amides is 1. The Morgan fingerprint density at radius 3 is 2.86 bits per heavy atom. The van der Waals surface area contributed by atoms with Gasteiger partial charge in [-0.25, -0.2) is 9.67 Å². The van der Waals surface area contributed by atoms with Gasteiger partial charge in [0.15, 0.2) is 5.82 Å². The summed E-state index contributed by atoms with van der Waals surface area (Å²) in [6.45, 7) is 0. The number of hydrogen-bond donors (Lipinski definition) is 2. The minimum Gasteiger partial charge on any atom is -0.411 e. The minimum atomic E-state index is -0.426. The fourth-order valence-electron chi connectivity index (χ4n) is 2.45. The molecule has 0 saturated carbocycles. The normalized spacial score (nSPS) is 11.1. The number of halogens is 3. The molecule has 3 aromatic rings. The van der Waals surface area contributed by atoms with Gasteiger partial charge in [-0.2, -0.15) is 5.10 Å². The predicted octanol–water partition coefficient (Wildman–Crippen LogP) is 5.23. The van der Waals surface area contributed by atoms with Crippen molar-refractivity contribution in [2.24, 2.45) is 5.16 Å². The van der Waals surface area contributed by atoms with E-state index in [4.69, 9.17) is 16.8 Å². The molecule has 144 valence electrons. The van der Waals surface area contributed by atoms with E-state index in [1.165, 1.54) is 22.7 Å². The lowest BCUT2D eigenvalue weighted by Crippen LogP contribution is -2.19. The van der Waals surface area contributed by atoms with Gasteiger partial charge in [0.05, 0.1) is 16.9 Å². The first-order valence-corrected chi connectivity index (χ1v) is 10.9. The van der Waals surface area contributed by atoms with Gasteiger partial charge in [-0.1, -0.05) is 32.7 Å². The van der Waals surface area contributed by atoms with Gasteiger partial charge in [-0.05, 0) is 46.5 Å². The van der Waals surface area contributed by atoms with Crippen LogP contribution in [0, 0.1) is 0 Å². The van der Waals surface area contributed by atoms with E-state index in [2.05, 4.69) is 52.4 Å². The second-order valence-corrected chi connectivity index (χ2v) is 8.33. The Morgan fingerprint density at radius 1 is 1.39 bits per heavy atom. The van der Waals surface area contributed by atoms with E-state index in [9.17, 15) is 4.79 Å². The Kier molecular flexibility index (Phi) is 6.76. The number of aromatic nitrogens is 3. The smallest absolute Gasteiger partial charge is 0.274 e. The summed E-state index contributed by atoms with van der Waals surface area (Å²) in [5.74, 6) is -0.0943. The zero-order valence-corrected chi connectivity index (χ0v) is 19.0. The minimum absolute atomic E-state index is 0.231. The molecule has 2 aromatic heterocycles. The number of anilines is 1. The molecule has 0 spiro atoms. The summed E-state index contributed by atoms with van der Waals surface area (Å²) < 4.78 is 2.61. The largest absolute Gasteiger partial charge is 0.411 e. The summed E-state index contributed by atoms with van der Waals surface area (Å²) in [4.78, 5) is 18.0. The first-order chi connectivity index (χ1) is 13.4. The standard InChI is InChI=1S/C17H12Br2ClN5O2S/c1-28-13-6-10(18)5-9(8-22-27)15(13)23-17(26)12-7-14(19)24-25(12)16-11(20)3-2-4-21-16/h2-8,27H,1H3,(H,23,26)/b22-8+. The SMILES string of the molecule is CSc1cc(Br)cc(/C=N/O)c1NC(=O)c1cc(Br)nn1-c1ncccc1Cl. The Labute approximate surface area is 186 Å². The topological polar surface area (TPSA) is 92.4 Å². The highest BCUT2D eigenvalue weighted by atomic mass is 79.9. The van der Waals surface area contributed by atoms with E-state index in [-0.39, 0.29) is 5.69 Å². The monoisotopic (exact) mass is 543 g/mol. The molecule has 0 aliphatic carbocycles. The molecule has 0 radical (unpaired) electrons. The molecular formula is C17H12Br2ClN5O2S. The van der Waals surface area contributed by atoms with Crippen molar-refractivity contribution >= 4 is 73.0 Å². The molecule has 0 unspecified atom stereocenters. The molecule has 7 nitrogen and oxygen atoms in total. The molecule has 0 aliphatic heterocycles. The highest BCUT2D eigenvalue weighted by Crippen LogP contribution is 2.33. The molecule has 1 amide bonds. The van der Waals surface area contributed by atoms with Gasteiger partial charge in [0.25, 0.3) is 5.91 Å². The molecule has 0 saturated heterocycles. The maximum atomic E-state index is 13.1. The molecule has 11 heteroatoms. The molecule has 0 fully saturated rings. The number of carbonyl (C=O) groups is 1. The van der Waals surface area contributed by atoms with Crippen LogP contribution in [0.2, 0.25) is 5.02 Å². The summed E-state index contributed by atoms with van der Waals surface area (Å²) in [6, 6.07) is 8.52. The quantitative estimate of drug-likeness (QED) is 0.198. The third kappa shape index (κ3) is 4.40. The van der Waals surface area contributed by atoms with Crippen molar-refractivity contribution in [1.82, 2.24) is 14.8 Å². The van der Waals surface area contributed by atoms with E-state index in [1.54, 1.807) is 30.5 Å². The molecule has 0 atom stereocenters. The van der Waals surface area contributed by atoms with Crippen LogP contribution in [-0.2, 0) is 0 Å². The number of oxime groups is 1. The average Bonchev–Trinajstić information content (AvgIpc) is 3.05. The molecule has 3 rings (SSSR count). The van der Waals surface area contributed by atoms with E-state index in [0.717, 1.165) is 9.37 Å². The number of benzene rings is 1. The van der Waals surface area contributed by atoms with Crippen LogP contribution in [0.3, 0.4) is 0 Å². The molecule has 2 heterocycles. The van der Waals surface area contributed by atoms with Crippen molar-refractivity contribution < 1.29 is 10.0 Å². The van der Waals surface area contributed by atoms with Crippen molar-refractivity contribution in [3.63, 3.8) is 0 Å². The summed E-state index contributed by atoms with van der Waals surface area (Å²) in [7, 11) is 0. The average molecular weight is 546 g/mol. The zero-order valence-electron chi connectivity index (χ0n) is 14.2. The summed E-state index contributed by atoms with van der Waals surface area (Å²) >= 11 is 14.4. The molecule has 28 heavy (non-hydrogen) atoms. The fraction of sp³-hybridized carbons (Fsp3) is 0.0588. The van der Waals surface area contributed by atoms with Crippen molar-refractivity contribution in [2.45, 2.75) is 4.90 Å². The molecule has 0 aliphatic rings. The van der Waals surface area contributed by atoms with E-state index in [0.29, 0.717) is 26.7 Å². The van der Waals surface area contributed by atoms with Crippen molar-refractivity contribution in [2.75, 3.05) is 11.6 Å². The highest BCUT2D eigenvalue weighted by Gasteiger charge is 2.21. The molecule has 1 aromatic carbocycles. The van der Waals surface area contributed by atoms with Gasteiger partial charge in [-0.3, -0.25) is 4.79 Å². The number of pyridine rings is 1. The van der Waals surface area contributed by atoms with Gasteiger partial charge in [-0.15, -0.1) is 11.8 Å². The number of hydrogen-bond acceptors (Lipinski definition) is 6. The lowest BCUT2D eigenvalue weighted by atomic mass is 10.2. The van der Waals surface area contributed by atoms with Crippen LogP contribution in [0.25, 0.3) is 5.82 Å².